The fraction of sp³-hybridized carbons (Fsp3) is 0.636. The van der Waals surface area contributed by atoms with E-state index in [0.717, 1.165) is 11.4 Å². The molecule has 5 nitrogen and oxygen atoms in total. The van der Waals surface area contributed by atoms with E-state index in [0.29, 0.717) is 13.0 Å². The van der Waals surface area contributed by atoms with Crippen LogP contribution in [0.2, 0.25) is 0 Å². The van der Waals surface area contributed by atoms with E-state index in [1.807, 2.05) is 27.7 Å². The van der Waals surface area contributed by atoms with E-state index >= 15 is 0 Å². The van der Waals surface area contributed by atoms with Gasteiger partial charge in [0.05, 0.1) is 0 Å². The number of H-pyrrole nitrogens is 1. The van der Waals surface area contributed by atoms with Crippen molar-refractivity contribution in [2.45, 2.75) is 46.7 Å². The number of carbonyl (C=O) groups excluding carboxylic acids is 1. The van der Waals surface area contributed by atoms with Crippen molar-refractivity contribution in [3.8, 4) is 0 Å². The molecule has 0 aliphatic heterocycles. The average Bonchev–Trinajstić information content (AvgIpc) is 2.38. The molecule has 90 valence electrons. The average molecular weight is 225 g/mol. The predicted molar refractivity (Wildman–Crippen MR) is 62.4 cm³/mol. The van der Waals surface area contributed by atoms with Gasteiger partial charge in [-0.05, 0) is 27.7 Å². The van der Waals surface area contributed by atoms with Crippen LogP contribution < -0.4 is 11.0 Å². The first-order valence-electron chi connectivity index (χ1n) is 5.47. The van der Waals surface area contributed by atoms with E-state index < -0.39 is 0 Å². The summed E-state index contributed by atoms with van der Waals surface area (Å²) < 4.78 is 1.59. The van der Waals surface area contributed by atoms with Gasteiger partial charge in [-0.3, -0.25) is 9.36 Å². The molecule has 0 saturated heterocycles. The summed E-state index contributed by atoms with van der Waals surface area (Å²) in [6.07, 6.45) is 0.330. The molecule has 1 amide bonds. The van der Waals surface area contributed by atoms with Crippen LogP contribution in [0.1, 0.15) is 31.7 Å². The van der Waals surface area contributed by atoms with Gasteiger partial charge in [-0.25, -0.2) is 4.79 Å². The zero-order valence-corrected chi connectivity index (χ0v) is 10.3. The van der Waals surface area contributed by atoms with E-state index in [2.05, 4.69) is 10.3 Å². The second kappa shape index (κ2) is 5.01. The molecule has 0 unspecified atom stereocenters. The molecule has 0 fully saturated rings. The highest BCUT2D eigenvalue weighted by molar-refractivity contribution is 5.76. The first kappa shape index (κ1) is 12.5. The number of aromatic nitrogens is 2. The van der Waals surface area contributed by atoms with Crippen molar-refractivity contribution in [2.24, 2.45) is 0 Å². The number of carbonyl (C=O) groups is 1. The SMILES string of the molecule is Cc1[nH]c(=O)n(CCC(=O)NC(C)C)c1C. The summed E-state index contributed by atoms with van der Waals surface area (Å²) in [5.74, 6) is -0.0276. The number of rotatable bonds is 4. The third-order valence-corrected chi connectivity index (χ3v) is 2.50. The van der Waals surface area contributed by atoms with Crippen LogP contribution >= 0.6 is 0 Å². The standard InChI is InChI=1S/C11H19N3O2/c1-7(2)12-10(15)5-6-14-9(4)8(3)13-11(14)16/h7H,5-6H2,1-4H3,(H,12,15)(H,13,16). The van der Waals surface area contributed by atoms with Crippen LogP contribution in [0.5, 0.6) is 0 Å². The van der Waals surface area contributed by atoms with E-state index in [9.17, 15) is 9.59 Å². The molecule has 16 heavy (non-hydrogen) atoms. The lowest BCUT2D eigenvalue weighted by atomic mass is 10.3. The molecular weight excluding hydrogens is 206 g/mol. The monoisotopic (exact) mass is 225 g/mol. The number of aryl methyl sites for hydroxylation is 1. The first-order valence-corrected chi connectivity index (χ1v) is 5.47. The van der Waals surface area contributed by atoms with Gasteiger partial charge in [0.2, 0.25) is 5.91 Å². The number of hydrogen-bond acceptors (Lipinski definition) is 2. The summed E-state index contributed by atoms with van der Waals surface area (Å²) in [6.45, 7) is 7.97. The van der Waals surface area contributed by atoms with Crippen LogP contribution in [0.15, 0.2) is 4.79 Å². The molecular formula is C11H19N3O2. The lowest BCUT2D eigenvalue weighted by Gasteiger charge is -2.08. The van der Waals surface area contributed by atoms with Crippen LogP contribution in [0.4, 0.5) is 0 Å². The third kappa shape index (κ3) is 2.98. The molecule has 0 bridgehead atoms. The Labute approximate surface area is 94.9 Å². The highest BCUT2D eigenvalue weighted by Crippen LogP contribution is 2.01. The Bertz CT molecular complexity index is 429. The first-order chi connectivity index (χ1) is 7.41. The van der Waals surface area contributed by atoms with Gasteiger partial charge in [-0.2, -0.15) is 0 Å². The van der Waals surface area contributed by atoms with Gasteiger partial charge in [0.1, 0.15) is 0 Å². The maximum atomic E-state index is 11.5. The lowest BCUT2D eigenvalue weighted by molar-refractivity contribution is -0.121. The summed E-state index contributed by atoms with van der Waals surface area (Å²) >= 11 is 0. The van der Waals surface area contributed by atoms with E-state index in [4.69, 9.17) is 0 Å². The molecule has 0 spiro atoms. The Balaban J connectivity index is 2.61. The van der Waals surface area contributed by atoms with E-state index in [1.165, 1.54) is 0 Å². The minimum absolute atomic E-state index is 0.0276. The number of hydrogen-bond donors (Lipinski definition) is 2. The van der Waals surface area contributed by atoms with Crippen LogP contribution in [-0.2, 0) is 11.3 Å². The summed E-state index contributed by atoms with van der Waals surface area (Å²) in [6, 6.07) is 0.137. The highest BCUT2D eigenvalue weighted by atomic mass is 16.2. The Morgan fingerprint density at radius 3 is 2.50 bits per heavy atom. The lowest BCUT2D eigenvalue weighted by Crippen LogP contribution is -2.31. The van der Waals surface area contributed by atoms with Crippen LogP contribution in [0.3, 0.4) is 0 Å². The Morgan fingerprint density at radius 2 is 2.06 bits per heavy atom. The molecule has 0 radical (unpaired) electrons. The van der Waals surface area contributed by atoms with Crippen molar-refractivity contribution < 1.29 is 4.79 Å². The van der Waals surface area contributed by atoms with Crippen LogP contribution in [0, 0.1) is 13.8 Å². The second-order valence-electron chi connectivity index (χ2n) is 4.26. The van der Waals surface area contributed by atoms with Crippen molar-refractivity contribution in [3.63, 3.8) is 0 Å². The van der Waals surface area contributed by atoms with Gasteiger partial charge < -0.3 is 10.3 Å². The summed E-state index contributed by atoms with van der Waals surface area (Å²) in [4.78, 5) is 25.6. The molecule has 1 heterocycles. The molecule has 0 aliphatic carbocycles. The zero-order valence-electron chi connectivity index (χ0n) is 10.3. The molecule has 1 aromatic rings. The van der Waals surface area contributed by atoms with Crippen molar-refractivity contribution in [2.75, 3.05) is 0 Å². The number of imidazole rings is 1. The summed E-state index contributed by atoms with van der Waals surface area (Å²) in [5, 5.41) is 2.79. The Morgan fingerprint density at radius 1 is 1.44 bits per heavy atom. The molecule has 0 aromatic carbocycles. The van der Waals surface area contributed by atoms with E-state index in [-0.39, 0.29) is 17.6 Å². The fourth-order valence-corrected chi connectivity index (χ4v) is 1.55. The molecule has 0 saturated carbocycles. The van der Waals surface area contributed by atoms with Crippen molar-refractivity contribution in [1.82, 2.24) is 14.9 Å². The summed E-state index contributed by atoms with van der Waals surface area (Å²) in [7, 11) is 0. The van der Waals surface area contributed by atoms with Gasteiger partial charge in [0, 0.05) is 30.4 Å². The van der Waals surface area contributed by atoms with Gasteiger partial charge in [-0.1, -0.05) is 0 Å². The minimum atomic E-state index is -0.146. The van der Waals surface area contributed by atoms with Gasteiger partial charge in [-0.15, -0.1) is 0 Å². The number of amides is 1. The van der Waals surface area contributed by atoms with Crippen LogP contribution in [-0.4, -0.2) is 21.5 Å². The molecule has 1 rings (SSSR count). The van der Waals surface area contributed by atoms with Crippen molar-refractivity contribution >= 4 is 5.91 Å². The third-order valence-electron chi connectivity index (χ3n) is 2.50. The quantitative estimate of drug-likeness (QED) is 0.792. The Hall–Kier alpha value is -1.52. The zero-order chi connectivity index (χ0) is 12.3. The van der Waals surface area contributed by atoms with Crippen LogP contribution in [0.25, 0.3) is 0 Å². The smallest absolute Gasteiger partial charge is 0.325 e. The number of aromatic amines is 1. The van der Waals surface area contributed by atoms with Gasteiger partial charge >= 0.3 is 5.69 Å². The van der Waals surface area contributed by atoms with Crippen molar-refractivity contribution in [3.05, 3.63) is 21.9 Å². The summed E-state index contributed by atoms with van der Waals surface area (Å²) in [5.41, 5.74) is 1.60. The molecule has 1 aromatic heterocycles. The topological polar surface area (TPSA) is 66.9 Å². The highest BCUT2D eigenvalue weighted by Gasteiger charge is 2.09. The number of nitrogens with zero attached hydrogens (tertiary/aromatic N) is 1. The number of nitrogens with one attached hydrogen (secondary N) is 2. The normalized spacial score (nSPS) is 10.8. The van der Waals surface area contributed by atoms with Crippen molar-refractivity contribution in [1.29, 1.82) is 0 Å². The minimum Gasteiger partial charge on any atom is -0.354 e. The molecule has 5 heteroatoms. The van der Waals surface area contributed by atoms with Gasteiger partial charge in [0.25, 0.3) is 0 Å². The van der Waals surface area contributed by atoms with Gasteiger partial charge in [0.15, 0.2) is 0 Å². The van der Waals surface area contributed by atoms with E-state index in [1.54, 1.807) is 4.57 Å². The predicted octanol–water partition coefficient (Wildman–Crippen LogP) is 0.708. The maximum absolute atomic E-state index is 11.5. The largest absolute Gasteiger partial charge is 0.354 e. The Kier molecular flexibility index (Phi) is 3.93. The fourth-order valence-electron chi connectivity index (χ4n) is 1.55. The molecule has 0 aliphatic rings. The molecule has 2 N–H and O–H groups in total. The molecule has 0 atom stereocenters. The maximum Gasteiger partial charge on any atom is 0.325 e. The second-order valence-corrected chi connectivity index (χ2v) is 4.26.